The van der Waals surface area contributed by atoms with Crippen LogP contribution in [0, 0.1) is 0 Å². The molecule has 0 saturated heterocycles. The number of rotatable bonds is 9. The monoisotopic (exact) mass is 460 g/mol. The lowest BCUT2D eigenvalue weighted by atomic mass is 10.1. The second-order valence-electron chi connectivity index (χ2n) is 7.19. The van der Waals surface area contributed by atoms with Gasteiger partial charge in [0.15, 0.2) is 17.3 Å². The third kappa shape index (κ3) is 7.56. The molecule has 0 aliphatic carbocycles. The van der Waals surface area contributed by atoms with Crippen molar-refractivity contribution in [3.8, 4) is 17.2 Å². The summed E-state index contributed by atoms with van der Waals surface area (Å²) in [6.07, 6.45) is 5.70. The van der Waals surface area contributed by atoms with E-state index >= 15 is 0 Å². The zero-order valence-corrected chi connectivity index (χ0v) is 19.1. The van der Waals surface area contributed by atoms with E-state index in [0.29, 0.717) is 16.9 Å². The maximum Gasteiger partial charge on any atom is 0.338 e. The fraction of sp³-hybridized carbons (Fsp3) is 0.111. The zero-order chi connectivity index (χ0) is 25.3. The van der Waals surface area contributed by atoms with Gasteiger partial charge in [0.05, 0.1) is 0 Å². The van der Waals surface area contributed by atoms with Crippen molar-refractivity contribution in [2.45, 2.75) is 20.8 Å². The molecule has 0 aliphatic rings. The van der Waals surface area contributed by atoms with Crippen molar-refractivity contribution in [2.24, 2.45) is 0 Å². The number of ketones is 1. The number of benzene rings is 2. The fourth-order valence-electron chi connectivity index (χ4n) is 2.41. The van der Waals surface area contributed by atoms with Crippen LogP contribution < -0.4 is 14.2 Å². The van der Waals surface area contributed by atoms with Gasteiger partial charge in [0.2, 0.25) is 0 Å². The summed E-state index contributed by atoms with van der Waals surface area (Å²) >= 11 is 0. The first-order valence-corrected chi connectivity index (χ1v) is 10.2. The molecule has 0 unspecified atom stereocenters. The van der Waals surface area contributed by atoms with Crippen LogP contribution in [0.25, 0.3) is 6.08 Å². The van der Waals surface area contributed by atoms with E-state index in [-0.39, 0.29) is 28.4 Å². The van der Waals surface area contributed by atoms with Crippen LogP contribution in [0.1, 0.15) is 36.7 Å². The highest BCUT2D eigenvalue weighted by Crippen LogP contribution is 2.30. The molecule has 34 heavy (non-hydrogen) atoms. The molecular weight excluding hydrogens is 436 g/mol. The molecule has 0 aliphatic heterocycles. The molecule has 7 heteroatoms. The molecule has 0 atom stereocenters. The Morgan fingerprint density at radius 3 is 1.91 bits per heavy atom. The Morgan fingerprint density at radius 2 is 1.35 bits per heavy atom. The van der Waals surface area contributed by atoms with Crippen molar-refractivity contribution in [3.63, 3.8) is 0 Å². The van der Waals surface area contributed by atoms with E-state index in [1.165, 1.54) is 68.5 Å². The number of ether oxygens (including phenoxy) is 3. The smallest absolute Gasteiger partial charge is 0.338 e. The molecule has 2 rings (SSSR count). The van der Waals surface area contributed by atoms with Crippen LogP contribution in [-0.4, -0.2) is 23.7 Å². The van der Waals surface area contributed by atoms with Gasteiger partial charge in [0.25, 0.3) is 0 Å². The highest BCUT2D eigenvalue weighted by Gasteiger charge is 2.15. The minimum Gasteiger partial charge on any atom is -0.423 e. The number of hydrogen-bond donors (Lipinski definition) is 0. The molecule has 0 N–H and O–H groups in total. The van der Waals surface area contributed by atoms with Gasteiger partial charge in [0, 0.05) is 22.8 Å². The van der Waals surface area contributed by atoms with Crippen LogP contribution in [0.3, 0.4) is 0 Å². The second kappa shape index (κ2) is 11.9. The molecule has 0 aromatic heterocycles. The molecule has 0 heterocycles. The van der Waals surface area contributed by atoms with E-state index in [4.69, 9.17) is 14.2 Å². The number of carbonyl (C=O) groups is 4. The number of carbonyl (C=O) groups excluding carboxylic acids is 4. The highest BCUT2D eigenvalue weighted by molar-refractivity contribution is 6.07. The topological polar surface area (TPSA) is 96.0 Å². The Balaban J connectivity index is 2.21. The van der Waals surface area contributed by atoms with Crippen molar-refractivity contribution in [1.29, 1.82) is 0 Å². The molecule has 0 saturated carbocycles. The molecule has 7 nitrogen and oxygen atoms in total. The van der Waals surface area contributed by atoms with Crippen LogP contribution in [0.4, 0.5) is 0 Å². The molecule has 0 radical (unpaired) electrons. The van der Waals surface area contributed by atoms with Crippen molar-refractivity contribution in [1.82, 2.24) is 0 Å². The minimum atomic E-state index is -0.694. The lowest BCUT2D eigenvalue weighted by Gasteiger charge is -2.11. The van der Waals surface area contributed by atoms with Crippen LogP contribution in [0.2, 0.25) is 0 Å². The first-order chi connectivity index (χ1) is 16.1. The van der Waals surface area contributed by atoms with E-state index in [9.17, 15) is 19.2 Å². The summed E-state index contributed by atoms with van der Waals surface area (Å²) in [5.41, 5.74) is 1.23. The summed E-state index contributed by atoms with van der Waals surface area (Å²) < 4.78 is 15.6. The van der Waals surface area contributed by atoms with Gasteiger partial charge in [0.1, 0.15) is 5.75 Å². The number of esters is 3. The summed E-state index contributed by atoms with van der Waals surface area (Å²) in [4.78, 5) is 47.9. The molecule has 0 fully saturated rings. The molecule has 0 bridgehead atoms. The molecule has 2 aromatic carbocycles. The summed E-state index contributed by atoms with van der Waals surface area (Å²) in [6.45, 7) is 11.7. The van der Waals surface area contributed by atoms with Gasteiger partial charge in [-0.3, -0.25) is 4.79 Å². The summed E-state index contributed by atoms with van der Waals surface area (Å²) in [5.74, 6) is -1.86. The quantitative estimate of drug-likeness (QED) is 0.224. The maximum atomic E-state index is 12.5. The third-order valence-corrected chi connectivity index (χ3v) is 4.16. The fourth-order valence-corrected chi connectivity index (χ4v) is 2.41. The average Bonchev–Trinajstić information content (AvgIpc) is 2.79. The van der Waals surface area contributed by atoms with E-state index in [1.54, 1.807) is 19.1 Å². The lowest BCUT2D eigenvalue weighted by molar-refractivity contribution is -0.132. The van der Waals surface area contributed by atoms with E-state index < -0.39 is 17.9 Å². The lowest BCUT2D eigenvalue weighted by Crippen LogP contribution is -2.12. The highest BCUT2D eigenvalue weighted by atomic mass is 16.6. The summed E-state index contributed by atoms with van der Waals surface area (Å²) in [7, 11) is 0. The first-order valence-electron chi connectivity index (χ1n) is 10.2. The minimum absolute atomic E-state index is 0.00973. The normalized spacial score (nSPS) is 10.7. The number of allylic oxidation sites excluding steroid dienone is 2. The van der Waals surface area contributed by atoms with Crippen LogP contribution in [0.5, 0.6) is 17.2 Å². The van der Waals surface area contributed by atoms with Gasteiger partial charge in [-0.2, -0.15) is 0 Å². The van der Waals surface area contributed by atoms with Crippen molar-refractivity contribution >= 4 is 29.8 Å². The molecule has 0 spiro atoms. The van der Waals surface area contributed by atoms with Crippen LogP contribution in [0.15, 0.2) is 85.0 Å². The molecular formula is C27H24O7. The SMILES string of the molecule is C=C(C)C(=O)Oc1ccc(/C=C/C(=O)c2ccc(OC(=O)/C=C/C)cc2)cc1OC(=O)C(=C)C. The van der Waals surface area contributed by atoms with E-state index in [1.807, 2.05) is 0 Å². The Bertz CT molecular complexity index is 1200. The third-order valence-electron chi connectivity index (χ3n) is 4.16. The predicted molar refractivity (Wildman–Crippen MR) is 128 cm³/mol. The average molecular weight is 460 g/mol. The van der Waals surface area contributed by atoms with Gasteiger partial charge in [-0.15, -0.1) is 0 Å². The van der Waals surface area contributed by atoms with Crippen molar-refractivity contribution < 1.29 is 33.4 Å². The standard InChI is InChI=1S/C27H24O7/c1-6-7-25(29)32-21-12-10-20(11-13-21)22(28)14-8-19-9-15-23(33-26(30)17(2)3)24(16-19)34-27(31)18(4)5/h6-16H,2,4H2,1,3,5H3/b7-6+,14-8+. The van der Waals surface area contributed by atoms with Crippen molar-refractivity contribution in [2.75, 3.05) is 0 Å². The Kier molecular flexibility index (Phi) is 9.02. The van der Waals surface area contributed by atoms with E-state index in [0.717, 1.165) is 0 Å². The predicted octanol–water partition coefficient (Wildman–Crippen LogP) is 5.03. The Morgan fingerprint density at radius 1 is 0.765 bits per heavy atom. The summed E-state index contributed by atoms with van der Waals surface area (Å²) in [5, 5.41) is 0. The largest absolute Gasteiger partial charge is 0.423 e. The summed E-state index contributed by atoms with van der Waals surface area (Å²) in [6, 6.07) is 10.6. The van der Waals surface area contributed by atoms with Gasteiger partial charge < -0.3 is 14.2 Å². The Labute approximate surface area is 197 Å². The number of hydrogen-bond acceptors (Lipinski definition) is 7. The van der Waals surface area contributed by atoms with Gasteiger partial charge >= 0.3 is 17.9 Å². The maximum absolute atomic E-state index is 12.5. The van der Waals surface area contributed by atoms with Crippen LogP contribution >= 0.6 is 0 Å². The second-order valence-corrected chi connectivity index (χ2v) is 7.19. The van der Waals surface area contributed by atoms with Gasteiger partial charge in [-0.1, -0.05) is 31.4 Å². The Hall–Kier alpha value is -4.52. The molecule has 2 aromatic rings. The van der Waals surface area contributed by atoms with E-state index in [2.05, 4.69) is 13.2 Å². The first kappa shape index (κ1) is 25.7. The van der Waals surface area contributed by atoms with Crippen LogP contribution in [-0.2, 0) is 14.4 Å². The molecule has 0 amide bonds. The van der Waals surface area contributed by atoms with Gasteiger partial charge in [-0.05, 0) is 68.8 Å². The zero-order valence-electron chi connectivity index (χ0n) is 19.1. The van der Waals surface area contributed by atoms with Gasteiger partial charge in [-0.25, -0.2) is 14.4 Å². The van der Waals surface area contributed by atoms with Crippen molar-refractivity contribution in [3.05, 3.63) is 96.1 Å². The molecule has 174 valence electrons.